The highest BCUT2D eigenvalue weighted by molar-refractivity contribution is 7.09. The van der Waals surface area contributed by atoms with E-state index in [4.69, 9.17) is 4.98 Å². The van der Waals surface area contributed by atoms with Crippen LogP contribution in [0.2, 0.25) is 0 Å². The number of hydrogen-bond donors (Lipinski definition) is 1. The molecule has 0 bridgehead atoms. The molecule has 5 nitrogen and oxygen atoms in total. The topological polar surface area (TPSA) is 62.3 Å². The molecule has 2 heterocycles. The molecule has 1 aliphatic carbocycles. The standard InChI is InChI=1S/C24H29N3O2S/c1-17-4-6-18(7-5-17)8-11-22(28)27-14-2-3-20(15-27)24-26-21(16-30-24)12-13-25-23(29)19-9-10-19/h4-8,11,16,19-20H,2-3,9-10,12-15H2,1H3,(H,25,29)/b11-8+/t20-/m0/s1. The smallest absolute Gasteiger partial charge is 0.246 e. The highest BCUT2D eigenvalue weighted by Gasteiger charge is 2.29. The molecule has 4 rings (SSSR count). The summed E-state index contributed by atoms with van der Waals surface area (Å²) in [5.41, 5.74) is 3.29. The summed E-state index contributed by atoms with van der Waals surface area (Å²) in [6.45, 7) is 4.24. The lowest BCUT2D eigenvalue weighted by molar-refractivity contribution is -0.127. The molecule has 2 aliphatic rings. The van der Waals surface area contributed by atoms with Gasteiger partial charge in [-0.05, 0) is 44.2 Å². The lowest BCUT2D eigenvalue weighted by atomic mass is 9.98. The van der Waals surface area contributed by atoms with Gasteiger partial charge in [0.05, 0.1) is 10.7 Å². The summed E-state index contributed by atoms with van der Waals surface area (Å²) in [4.78, 5) is 31.1. The number of hydrogen-bond acceptors (Lipinski definition) is 4. The predicted octanol–water partition coefficient (Wildman–Crippen LogP) is 3.94. The summed E-state index contributed by atoms with van der Waals surface area (Å²) in [6.07, 6.45) is 8.47. The minimum absolute atomic E-state index is 0.0693. The number of thiazole rings is 1. The Morgan fingerprint density at radius 3 is 2.80 bits per heavy atom. The van der Waals surface area contributed by atoms with Crippen LogP contribution in [0.15, 0.2) is 35.7 Å². The first kappa shape index (κ1) is 20.8. The molecule has 2 aromatic rings. The van der Waals surface area contributed by atoms with E-state index in [1.165, 1.54) is 5.56 Å². The van der Waals surface area contributed by atoms with Crippen LogP contribution < -0.4 is 5.32 Å². The van der Waals surface area contributed by atoms with Crippen molar-refractivity contribution in [1.82, 2.24) is 15.2 Å². The Morgan fingerprint density at radius 2 is 2.03 bits per heavy atom. The number of carbonyl (C=O) groups excluding carboxylic acids is 2. The Labute approximate surface area is 182 Å². The average Bonchev–Trinajstić information content (AvgIpc) is 3.52. The Hall–Kier alpha value is -2.47. The molecule has 1 saturated carbocycles. The number of carbonyl (C=O) groups is 2. The Kier molecular flexibility index (Phi) is 6.62. The molecule has 1 N–H and O–H groups in total. The van der Waals surface area contributed by atoms with Crippen molar-refractivity contribution in [1.29, 1.82) is 0 Å². The fraction of sp³-hybridized carbons (Fsp3) is 0.458. The first-order chi connectivity index (χ1) is 14.6. The highest BCUT2D eigenvalue weighted by Crippen LogP contribution is 2.30. The monoisotopic (exact) mass is 423 g/mol. The van der Waals surface area contributed by atoms with Gasteiger partial charge in [0.25, 0.3) is 0 Å². The van der Waals surface area contributed by atoms with Gasteiger partial charge in [0.1, 0.15) is 0 Å². The SMILES string of the molecule is Cc1ccc(/C=C/C(=O)N2CCC[C@H](c3nc(CCNC(=O)C4CC4)cs3)C2)cc1. The third-order valence-electron chi connectivity index (χ3n) is 5.78. The second-order valence-corrected chi connectivity index (χ2v) is 9.25. The molecular weight excluding hydrogens is 394 g/mol. The molecule has 1 aliphatic heterocycles. The molecule has 0 radical (unpaired) electrons. The van der Waals surface area contributed by atoms with E-state index >= 15 is 0 Å². The molecule has 6 heteroatoms. The summed E-state index contributed by atoms with van der Waals surface area (Å²) in [5, 5.41) is 6.20. The zero-order valence-electron chi connectivity index (χ0n) is 17.5. The van der Waals surface area contributed by atoms with Gasteiger partial charge >= 0.3 is 0 Å². The third kappa shape index (κ3) is 5.57. The van der Waals surface area contributed by atoms with Crippen LogP contribution in [-0.4, -0.2) is 41.3 Å². The molecule has 2 fully saturated rings. The van der Waals surface area contributed by atoms with Crippen LogP contribution in [0.5, 0.6) is 0 Å². The van der Waals surface area contributed by atoms with Crippen molar-refractivity contribution in [3.8, 4) is 0 Å². The van der Waals surface area contributed by atoms with E-state index in [-0.39, 0.29) is 17.7 Å². The van der Waals surface area contributed by atoms with Crippen molar-refractivity contribution in [3.63, 3.8) is 0 Å². The van der Waals surface area contributed by atoms with Gasteiger partial charge in [-0.1, -0.05) is 29.8 Å². The van der Waals surface area contributed by atoms with Gasteiger partial charge in [-0.15, -0.1) is 11.3 Å². The van der Waals surface area contributed by atoms with E-state index in [1.807, 2.05) is 23.1 Å². The number of amides is 2. The van der Waals surface area contributed by atoms with Crippen molar-refractivity contribution < 1.29 is 9.59 Å². The lowest BCUT2D eigenvalue weighted by Crippen LogP contribution is -2.38. The zero-order chi connectivity index (χ0) is 20.9. The van der Waals surface area contributed by atoms with Crippen LogP contribution in [0.3, 0.4) is 0 Å². The van der Waals surface area contributed by atoms with Gasteiger partial charge in [-0.25, -0.2) is 4.98 Å². The Morgan fingerprint density at radius 1 is 1.23 bits per heavy atom. The van der Waals surface area contributed by atoms with Gasteiger partial charge in [0, 0.05) is 49.3 Å². The highest BCUT2D eigenvalue weighted by atomic mass is 32.1. The molecule has 1 saturated heterocycles. The molecule has 0 spiro atoms. The van der Waals surface area contributed by atoms with Crippen LogP contribution in [-0.2, 0) is 16.0 Å². The number of likely N-dealkylation sites (tertiary alicyclic amines) is 1. The van der Waals surface area contributed by atoms with Crippen LogP contribution in [0.1, 0.15) is 53.4 Å². The van der Waals surface area contributed by atoms with Gasteiger partial charge in [-0.3, -0.25) is 9.59 Å². The molecule has 0 unspecified atom stereocenters. The summed E-state index contributed by atoms with van der Waals surface area (Å²) in [5.74, 6) is 0.808. The largest absolute Gasteiger partial charge is 0.355 e. The van der Waals surface area contributed by atoms with Gasteiger partial charge in [-0.2, -0.15) is 0 Å². The molecule has 2 amide bonds. The maximum Gasteiger partial charge on any atom is 0.246 e. The lowest BCUT2D eigenvalue weighted by Gasteiger charge is -2.31. The molecule has 1 aromatic carbocycles. The van der Waals surface area contributed by atoms with Crippen LogP contribution >= 0.6 is 11.3 Å². The van der Waals surface area contributed by atoms with E-state index < -0.39 is 0 Å². The quantitative estimate of drug-likeness (QED) is 0.686. The number of aryl methyl sites for hydroxylation is 1. The number of nitrogens with zero attached hydrogens (tertiary/aromatic N) is 2. The Balaban J connectivity index is 1.28. The van der Waals surface area contributed by atoms with E-state index in [9.17, 15) is 9.59 Å². The molecule has 1 aromatic heterocycles. The summed E-state index contributed by atoms with van der Waals surface area (Å²) in [7, 11) is 0. The zero-order valence-corrected chi connectivity index (χ0v) is 18.3. The van der Waals surface area contributed by atoms with E-state index in [0.717, 1.165) is 61.5 Å². The minimum atomic E-state index is 0.0693. The third-order valence-corrected chi connectivity index (χ3v) is 6.83. The van der Waals surface area contributed by atoms with E-state index in [2.05, 4.69) is 29.8 Å². The van der Waals surface area contributed by atoms with E-state index in [0.29, 0.717) is 12.5 Å². The second kappa shape index (κ2) is 9.56. The molecule has 30 heavy (non-hydrogen) atoms. The number of aromatic nitrogens is 1. The van der Waals surface area contributed by atoms with Crippen LogP contribution in [0.4, 0.5) is 0 Å². The molecular formula is C24H29N3O2S. The average molecular weight is 424 g/mol. The number of benzene rings is 1. The normalized spacial score (nSPS) is 19.2. The van der Waals surface area contributed by atoms with Crippen molar-refractivity contribution in [2.45, 2.75) is 44.9 Å². The maximum atomic E-state index is 12.7. The van der Waals surface area contributed by atoms with Gasteiger partial charge in [0.2, 0.25) is 11.8 Å². The number of nitrogens with one attached hydrogen (secondary N) is 1. The van der Waals surface area contributed by atoms with Gasteiger partial charge in [0.15, 0.2) is 0 Å². The predicted molar refractivity (Wildman–Crippen MR) is 120 cm³/mol. The van der Waals surface area contributed by atoms with Crippen molar-refractivity contribution >= 4 is 29.2 Å². The van der Waals surface area contributed by atoms with Crippen molar-refractivity contribution in [3.05, 3.63) is 57.6 Å². The summed E-state index contributed by atoms with van der Waals surface area (Å²) < 4.78 is 0. The second-order valence-electron chi connectivity index (χ2n) is 8.36. The van der Waals surface area contributed by atoms with E-state index in [1.54, 1.807) is 17.4 Å². The Bertz CT molecular complexity index is 915. The first-order valence-electron chi connectivity index (χ1n) is 10.8. The number of rotatable bonds is 7. The number of piperidine rings is 1. The van der Waals surface area contributed by atoms with Crippen molar-refractivity contribution in [2.75, 3.05) is 19.6 Å². The molecule has 1 atom stereocenters. The fourth-order valence-electron chi connectivity index (χ4n) is 3.76. The fourth-order valence-corrected chi connectivity index (χ4v) is 4.74. The van der Waals surface area contributed by atoms with Crippen LogP contribution in [0.25, 0.3) is 6.08 Å². The molecule has 158 valence electrons. The van der Waals surface area contributed by atoms with Crippen molar-refractivity contribution in [2.24, 2.45) is 5.92 Å². The minimum Gasteiger partial charge on any atom is -0.355 e. The maximum absolute atomic E-state index is 12.7. The van der Waals surface area contributed by atoms with Crippen LogP contribution in [0, 0.1) is 12.8 Å². The first-order valence-corrected chi connectivity index (χ1v) is 11.7. The van der Waals surface area contributed by atoms with Gasteiger partial charge < -0.3 is 10.2 Å². The summed E-state index contributed by atoms with van der Waals surface area (Å²) >= 11 is 1.68. The summed E-state index contributed by atoms with van der Waals surface area (Å²) in [6, 6.07) is 8.17.